The summed E-state index contributed by atoms with van der Waals surface area (Å²) in [6.45, 7) is 1.52. The number of amides is 1. The molecule has 1 heterocycles. The van der Waals surface area contributed by atoms with E-state index in [9.17, 15) is 9.18 Å². The van der Waals surface area contributed by atoms with Crippen LogP contribution >= 0.6 is 0 Å². The molecular formula is C18H18FNO. The SMILES string of the molecule is O=C(c1ccccc1)N1CCC(c2ccc(F)cc2)CC1. The van der Waals surface area contributed by atoms with Crippen LogP contribution in [0.5, 0.6) is 0 Å². The molecule has 2 nitrogen and oxygen atoms in total. The number of hydrogen-bond acceptors (Lipinski definition) is 1. The van der Waals surface area contributed by atoms with Gasteiger partial charge >= 0.3 is 0 Å². The molecule has 1 saturated heterocycles. The van der Waals surface area contributed by atoms with Gasteiger partial charge in [0.15, 0.2) is 0 Å². The molecule has 0 bridgehead atoms. The molecule has 0 unspecified atom stereocenters. The van der Waals surface area contributed by atoms with Gasteiger partial charge in [0.2, 0.25) is 0 Å². The average molecular weight is 283 g/mol. The van der Waals surface area contributed by atoms with Crippen LogP contribution in [0.25, 0.3) is 0 Å². The van der Waals surface area contributed by atoms with Crippen molar-refractivity contribution in [3.05, 3.63) is 71.5 Å². The third-order valence-corrected chi connectivity index (χ3v) is 4.14. The molecule has 2 aromatic rings. The summed E-state index contributed by atoms with van der Waals surface area (Å²) in [5.74, 6) is 0.328. The van der Waals surface area contributed by atoms with Gasteiger partial charge in [0, 0.05) is 18.7 Å². The molecule has 0 atom stereocenters. The number of piperidine rings is 1. The highest BCUT2D eigenvalue weighted by molar-refractivity contribution is 5.94. The van der Waals surface area contributed by atoms with Gasteiger partial charge < -0.3 is 4.90 Å². The summed E-state index contributed by atoms with van der Waals surface area (Å²) in [7, 11) is 0. The van der Waals surface area contributed by atoms with Crippen molar-refractivity contribution >= 4 is 5.91 Å². The highest BCUT2D eigenvalue weighted by atomic mass is 19.1. The van der Waals surface area contributed by atoms with Crippen LogP contribution in [-0.2, 0) is 0 Å². The number of halogens is 1. The Morgan fingerprint density at radius 1 is 0.952 bits per heavy atom. The van der Waals surface area contributed by atoms with E-state index in [-0.39, 0.29) is 11.7 Å². The quantitative estimate of drug-likeness (QED) is 0.820. The first kappa shape index (κ1) is 13.8. The maximum Gasteiger partial charge on any atom is 0.253 e. The van der Waals surface area contributed by atoms with Crippen LogP contribution < -0.4 is 0 Å². The van der Waals surface area contributed by atoms with E-state index in [1.54, 1.807) is 0 Å². The predicted octanol–water partition coefficient (Wildman–Crippen LogP) is 3.85. The van der Waals surface area contributed by atoms with Gasteiger partial charge in [0.25, 0.3) is 5.91 Å². The van der Waals surface area contributed by atoms with Crippen molar-refractivity contribution in [1.29, 1.82) is 0 Å². The predicted molar refractivity (Wildman–Crippen MR) is 80.7 cm³/mol. The Bertz CT molecular complexity index is 601. The van der Waals surface area contributed by atoms with E-state index in [4.69, 9.17) is 0 Å². The van der Waals surface area contributed by atoms with Crippen LogP contribution in [0.3, 0.4) is 0 Å². The number of likely N-dealkylation sites (tertiary alicyclic amines) is 1. The van der Waals surface area contributed by atoms with Gasteiger partial charge in [0.05, 0.1) is 0 Å². The summed E-state index contributed by atoms with van der Waals surface area (Å²) in [6, 6.07) is 16.1. The van der Waals surface area contributed by atoms with Gasteiger partial charge in [-0.1, -0.05) is 30.3 Å². The second kappa shape index (κ2) is 6.08. The fourth-order valence-corrected chi connectivity index (χ4v) is 2.91. The van der Waals surface area contributed by atoms with Crippen LogP contribution in [-0.4, -0.2) is 23.9 Å². The summed E-state index contributed by atoms with van der Waals surface area (Å²) in [5, 5.41) is 0. The lowest BCUT2D eigenvalue weighted by atomic mass is 9.89. The van der Waals surface area contributed by atoms with E-state index >= 15 is 0 Å². The van der Waals surface area contributed by atoms with Gasteiger partial charge in [-0.2, -0.15) is 0 Å². The van der Waals surface area contributed by atoms with Crippen molar-refractivity contribution in [3.63, 3.8) is 0 Å². The first-order valence-electron chi connectivity index (χ1n) is 7.34. The lowest BCUT2D eigenvalue weighted by Gasteiger charge is -2.32. The van der Waals surface area contributed by atoms with Crippen molar-refractivity contribution in [2.75, 3.05) is 13.1 Å². The molecule has 1 aliphatic rings. The van der Waals surface area contributed by atoms with Crippen molar-refractivity contribution in [3.8, 4) is 0 Å². The van der Waals surface area contributed by atoms with Gasteiger partial charge in [-0.3, -0.25) is 4.79 Å². The number of nitrogens with zero attached hydrogens (tertiary/aromatic N) is 1. The number of rotatable bonds is 2. The Hall–Kier alpha value is -2.16. The molecule has 21 heavy (non-hydrogen) atoms. The van der Waals surface area contributed by atoms with Gasteiger partial charge in [0.1, 0.15) is 5.82 Å². The van der Waals surface area contributed by atoms with Crippen molar-refractivity contribution in [1.82, 2.24) is 4.90 Å². The Labute approximate surface area is 124 Å². The average Bonchev–Trinajstić information content (AvgIpc) is 2.56. The van der Waals surface area contributed by atoms with Crippen LogP contribution in [0.4, 0.5) is 4.39 Å². The summed E-state index contributed by atoms with van der Waals surface area (Å²) < 4.78 is 13.0. The summed E-state index contributed by atoms with van der Waals surface area (Å²) >= 11 is 0. The minimum atomic E-state index is -0.199. The third-order valence-electron chi connectivity index (χ3n) is 4.14. The smallest absolute Gasteiger partial charge is 0.253 e. The second-order valence-electron chi connectivity index (χ2n) is 5.48. The topological polar surface area (TPSA) is 20.3 Å². The van der Waals surface area contributed by atoms with Gasteiger partial charge in [-0.15, -0.1) is 0 Å². The van der Waals surface area contributed by atoms with Gasteiger partial charge in [-0.05, 0) is 48.6 Å². The normalized spacial score (nSPS) is 16.0. The molecule has 0 saturated carbocycles. The molecule has 1 amide bonds. The van der Waals surface area contributed by atoms with E-state index in [2.05, 4.69) is 0 Å². The molecule has 108 valence electrons. The molecule has 0 aliphatic carbocycles. The zero-order valence-corrected chi connectivity index (χ0v) is 11.8. The van der Waals surface area contributed by atoms with Crippen LogP contribution in [0.1, 0.15) is 34.7 Å². The zero-order chi connectivity index (χ0) is 14.7. The van der Waals surface area contributed by atoms with Gasteiger partial charge in [-0.25, -0.2) is 4.39 Å². The Balaban J connectivity index is 1.63. The fraction of sp³-hybridized carbons (Fsp3) is 0.278. The minimum Gasteiger partial charge on any atom is -0.339 e. The third kappa shape index (κ3) is 3.13. The lowest BCUT2D eigenvalue weighted by molar-refractivity contribution is 0.0713. The highest BCUT2D eigenvalue weighted by Crippen LogP contribution is 2.28. The Morgan fingerprint density at radius 2 is 1.57 bits per heavy atom. The number of hydrogen-bond donors (Lipinski definition) is 0. The molecule has 3 heteroatoms. The maximum atomic E-state index is 13.0. The largest absolute Gasteiger partial charge is 0.339 e. The molecule has 3 rings (SSSR count). The summed E-state index contributed by atoms with van der Waals surface area (Å²) in [4.78, 5) is 14.3. The fourth-order valence-electron chi connectivity index (χ4n) is 2.91. The van der Waals surface area contributed by atoms with Crippen molar-refractivity contribution in [2.45, 2.75) is 18.8 Å². The molecule has 2 aromatic carbocycles. The van der Waals surface area contributed by atoms with E-state index < -0.39 is 0 Å². The van der Waals surface area contributed by atoms with Crippen molar-refractivity contribution < 1.29 is 9.18 Å². The highest BCUT2D eigenvalue weighted by Gasteiger charge is 2.24. The lowest BCUT2D eigenvalue weighted by Crippen LogP contribution is -2.37. The summed E-state index contributed by atoms with van der Waals surface area (Å²) in [6.07, 6.45) is 1.87. The molecule has 0 radical (unpaired) electrons. The maximum absolute atomic E-state index is 13.0. The Morgan fingerprint density at radius 3 is 2.19 bits per heavy atom. The molecule has 0 aromatic heterocycles. The van der Waals surface area contributed by atoms with Crippen LogP contribution in [0.2, 0.25) is 0 Å². The van der Waals surface area contributed by atoms with Crippen molar-refractivity contribution in [2.24, 2.45) is 0 Å². The molecule has 0 N–H and O–H groups in total. The first-order chi connectivity index (χ1) is 10.2. The van der Waals surface area contributed by atoms with E-state index in [1.807, 2.05) is 47.4 Å². The second-order valence-corrected chi connectivity index (χ2v) is 5.48. The minimum absolute atomic E-state index is 0.105. The van der Waals surface area contributed by atoms with E-state index in [1.165, 1.54) is 17.7 Å². The monoisotopic (exact) mass is 283 g/mol. The molecular weight excluding hydrogens is 265 g/mol. The van der Waals surface area contributed by atoms with E-state index in [0.717, 1.165) is 31.5 Å². The van der Waals surface area contributed by atoms with Crippen LogP contribution in [0.15, 0.2) is 54.6 Å². The number of carbonyl (C=O) groups is 1. The molecule has 1 aliphatic heterocycles. The molecule has 0 spiro atoms. The molecule has 1 fully saturated rings. The Kier molecular flexibility index (Phi) is 4.00. The standard InChI is InChI=1S/C18H18FNO/c19-17-8-6-14(7-9-17)15-10-12-20(13-11-15)18(21)16-4-2-1-3-5-16/h1-9,15H,10-13H2. The van der Waals surface area contributed by atoms with Crippen LogP contribution in [0, 0.1) is 5.82 Å². The number of benzene rings is 2. The summed E-state index contributed by atoms with van der Waals surface area (Å²) in [5.41, 5.74) is 1.92. The first-order valence-corrected chi connectivity index (χ1v) is 7.34. The number of carbonyl (C=O) groups excluding carboxylic acids is 1. The zero-order valence-electron chi connectivity index (χ0n) is 11.8. The van der Waals surface area contributed by atoms with E-state index in [0.29, 0.717) is 5.92 Å².